The number of hydrogen-bond acceptors (Lipinski definition) is 5. The molecule has 0 N–H and O–H groups in total. The molecule has 7 heteroatoms. The Morgan fingerprint density at radius 1 is 1.15 bits per heavy atom. The highest BCUT2D eigenvalue weighted by Gasteiger charge is 2.24. The molecule has 0 bridgehead atoms. The number of rotatable bonds is 3. The van der Waals surface area contributed by atoms with Crippen LogP contribution in [0.5, 0.6) is 0 Å². The normalized spacial score (nSPS) is 14.0. The Bertz CT molecular complexity index is 1110. The Morgan fingerprint density at radius 3 is 2.74 bits per heavy atom. The summed E-state index contributed by atoms with van der Waals surface area (Å²) in [7, 11) is 0. The van der Waals surface area contributed by atoms with Crippen LogP contribution >= 0.6 is 0 Å². The summed E-state index contributed by atoms with van der Waals surface area (Å²) in [5.74, 6) is 0.661. The van der Waals surface area contributed by atoms with Crippen LogP contribution in [-0.4, -0.2) is 19.3 Å². The second-order valence-electron chi connectivity index (χ2n) is 7.08. The zero-order valence-electron chi connectivity index (χ0n) is 15.6. The summed E-state index contributed by atoms with van der Waals surface area (Å²) in [5.41, 5.74) is 2.51. The molecule has 3 heterocycles. The Morgan fingerprint density at radius 2 is 2.00 bits per heavy atom. The summed E-state index contributed by atoms with van der Waals surface area (Å²) < 4.78 is 8.13. The van der Waals surface area contributed by atoms with Crippen molar-refractivity contribution in [2.24, 2.45) is 0 Å². The average Bonchev–Trinajstić information content (AvgIpc) is 2.91. The molecule has 0 saturated heterocycles. The van der Waals surface area contributed by atoms with E-state index in [0.717, 1.165) is 36.1 Å². The Kier molecular flexibility index (Phi) is 4.51. The molecule has 2 aromatic heterocycles. The molecule has 0 amide bonds. The van der Waals surface area contributed by atoms with Crippen molar-refractivity contribution in [3.63, 3.8) is 0 Å². The van der Waals surface area contributed by atoms with Gasteiger partial charge in [0.2, 0.25) is 11.7 Å². The molecular weight excluding hydrogens is 344 g/mol. The number of benzene rings is 1. The van der Waals surface area contributed by atoms with E-state index in [1.807, 2.05) is 31.2 Å². The smallest absolute Gasteiger partial charge is 0.331 e. The first-order valence-corrected chi connectivity index (χ1v) is 9.27. The third-order valence-corrected chi connectivity index (χ3v) is 5.00. The summed E-state index contributed by atoms with van der Waals surface area (Å²) in [6, 6.07) is 7.83. The lowest BCUT2D eigenvalue weighted by Gasteiger charge is -2.16. The van der Waals surface area contributed by atoms with Crippen molar-refractivity contribution < 1.29 is 4.52 Å². The van der Waals surface area contributed by atoms with Crippen molar-refractivity contribution in [2.45, 2.75) is 52.6 Å². The standard InChI is InChI=1S/C20H22N4O3/c1-13-7-6-8-15(11-13)12-24-19(25)17(18-21-14(2)27-22-18)16-9-4-3-5-10-23(16)20(24)26/h6-8,11H,3-5,9-10,12H2,1-2H3. The van der Waals surface area contributed by atoms with Gasteiger partial charge in [0.15, 0.2) is 0 Å². The molecule has 0 spiro atoms. The maximum atomic E-state index is 13.3. The van der Waals surface area contributed by atoms with Gasteiger partial charge < -0.3 is 4.52 Å². The molecule has 0 saturated carbocycles. The van der Waals surface area contributed by atoms with Crippen molar-refractivity contribution in [3.05, 3.63) is 67.8 Å². The van der Waals surface area contributed by atoms with Gasteiger partial charge in [0.1, 0.15) is 5.56 Å². The van der Waals surface area contributed by atoms with Crippen LogP contribution in [0.25, 0.3) is 11.4 Å². The fraction of sp³-hybridized carbons (Fsp3) is 0.400. The molecular formula is C20H22N4O3. The number of nitrogens with zero attached hydrogens (tertiary/aromatic N) is 4. The van der Waals surface area contributed by atoms with Gasteiger partial charge >= 0.3 is 5.69 Å². The molecule has 140 valence electrons. The first-order valence-electron chi connectivity index (χ1n) is 9.27. The van der Waals surface area contributed by atoms with Gasteiger partial charge in [-0.25, -0.2) is 4.79 Å². The third kappa shape index (κ3) is 3.25. The Labute approximate surface area is 156 Å². The third-order valence-electron chi connectivity index (χ3n) is 5.00. The fourth-order valence-electron chi connectivity index (χ4n) is 3.73. The highest BCUT2D eigenvalue weighted by atomic mass is 16.5. The van der Waals surface area contributed by atoms with Gasteiger partial charge in [0, 0.05) is 19.2 Å². The van der Waals surface area contributed by atoms with E-state index >= 15 is 0 Å². The summed E-state index contributed by atoms with van der Waals surface area (Å²) in [4.78, 5) is 30.7. The minimum atomic E-state index is -0.351. The molecule has 0 fully saturated rings. The van der Waals surface area contributed by atoms with Crippen molar-refractivity contribution >= 4 is 0 Å². The first kappa shape index (κ1) is 17.5. The van der Waals surface area contributed by atoms with Crippen molar-refractivity contribution in [1.29, 1.82) is 0 Å². The summed E-state index contributed by atoms with van der Waals surface area (Å²) in [5, 5.41) is 3.96. The molecule has 1 aromatic carbocycles. The Hall–Kier alpha value is -2.96. The van der Waals surface area contributed by atoms with Gasteiger partial charge in [-0.2, -0.15) is 4.98 Å². The zero-order chi connectivity index (χ0) is 19.0. The van der Waals surface area contributed by atoms with Gasteiger partial charge in [-0.15, -0.1) is 0 Å². The van der Waals surface area contributed by atoms with Gasteiger partial charge in [-0.05, 0) is 31.7 Å². The molecule has 27 heavy (non-hydrogen) atoms. The van der Waals surface area contributed by atoms with E-state index in [1.165, 1.54) is 4.57 Å². The lowest BCUT2D eigenvalue weighted by atomic mass is 10.1. The minimum absolute atomic E-state index is 0.226. The lowest BCUT2D eigenvalue weighted by molar-refractivity contribution is 0.394. The van der Waals surface area contributed by atoms with E-state index in [1.54, 1.807) is 11.5 Å². The summed E-state index contributed by atoms with van der Waals surface area (Å²) in [6.07, 6.45) is 3.54. The zero-order valence-corrected chi connectivity index (χ0v) is 15.6. The maximum absolute atomic E-state index is 13.3. The highest BCUT2D eigenvalue weighted by Crippen LogP contribution is 2.21. The average molecular weight is 366 g/mol. The van der Waals surface area contributed by atoms with E-state index in [4.69, 9.17) is 4.52 Å². The topological polar surface area (TPSA) is 82.9 Å². The van der Waals surface area contributed by atoms with Gasteiger partial charge in [-0.3, -0.25) is 13.9 Å². The van der Waals surface area contributed by atoms with E-state index in [9.17, 15) is 9.59 Å². The summed E-state index contributed by atoms with van der Waals surface area (Å²) in [6.45, 7) is 4.51. The largest absolute Gasteiger partial charge is 0.339 e. The van der Waals surface area contributed by atoms with Crippen LogP contribution in [0.2, 0.25) is 0 Å². The fourth-order valence-corrected chi connectivity index (χ4v) is 3.73. The van der Waals surface area contributed by atoms with E-state index in [2.05, 4.69) is 10.1 Å². The summed E-state index contributed by atoms with van der Waals surface area (Å²) >= 11 is 0. The highest BCUT2D eigenvalue weighted by molar-refractivity contribution is 5.56. The number of aryl methyl sites for hydroxylation is 2. The Balaban J connectivity index is 1.95. The molecule has 4 rings (SSSR count). The predicted molar refractivity (Wildman–Crippen MR) is 101 cm³/mol. The number of hydrogen-bond donors (Lipinski definition) is 0. The van der Waals surface area contributed by atoms with Gasteiger partial charge in [-0.1, -0.05) is 41.4 Å². The predicted octanol–water partition coefficient (Wildman–Crippen LogP) is 2.45. The van der Waals surface area contributed by atoms with Gasteiger partial charge in [0.25, 0.3) is 5.56 Å². The molecule has 0 aliphatic carbocycles. The monoisotopic (exact) mass is 366 g/mol. The molecule has 0 atom stereocenters. The maximum Gasteiger partial charge on any atom is 0.331 e. The molecule has 7 nitrogen and oxygen atoms in total. The van der Waals surface area contributed by atoms with Crippen LogP contribution in [-0.2, 0) is 19.5 Å². The molecule has 0 radical (unpaired) electrons. The number of aromatic nitrogens is 4. The molecule has 3 aromatic rings. The number of fused-ring (bicyclic) bond motifs is 1. The molecule has 1 aliphatic rings. The van der Waals surface area contributed by atoms with Crippen molar-refractivity contribution in [1.82, 2.24) is 19.3 Å². The van der Waals surface area contributed by atoms with E-state index in [0.29, 0.717) is 24.4 Å². The second kappa shape index (κ2) is 6.98. The van der Waals surface area contributed by atoms with Crippen molar-refractivity contribution in [2.75, 3.05) is 0 Å². The van der Waals surface area contributed by atoms with Crippen LogP contribution in [0.15, 0.2) is 38.4 Å². The first-order chi connectivity index (χ1) is 13.0. The molecule has 0 unspecified atom stereocenters. The minimum Gasteiger partial charge on any atom is -0.339 e. The van der Waals surface area contributed by atoms with E-state index in [-0.39, 0.29) is 23.6 Å². The van der Waals surface area contributed by atoms with Crippen LogP contribution in [0, 0.1) is 13.8 Å². The van der Waals surface area contributed by atoms with Crippen LogP contribution in [0.3, 0.4) is 0 Å². The van der Waals surface area contributed by atoms with Crippen LogP contribution in [0.4, 0.5) is 0 Å². The van der Waals surface area contributed by atoms with Crippen LogP contribution in [0.1, 0.15) is 42.0 Å². The quantitative estimate of drug-likeness (QED) is 0.711. The SMILES string of the molecule is Cc1cccc(Cn2c(=O)c(-c3noc(C)n3)c3n(c2=O)CCCCC3)c1. The van der Waals surface area contributed by atoms with E-state index < -0.39 is 0 Å². The second-order valence-corrected chi connectivity index (χ2v) is 7.08. The molecule has 1 aliphatic heterocycles. The van der Waals surface area contributed by atoms with Crippen LogP contribution < -0.4 is 11.2 Å². The van der Waals surface area contributed by atoms with Crippen molar-refractivity contribution in [3.8, 4) is 11.4 Å². The van der Waals surface area contributed by atoms with Gasteiger partial charge in [0.05, 0.1) is 6.54 Å². The lowest BCUT2D eigenvalue weighted by Crippen LogP contribution is -2.42.